The van der Waals surface area contributed by atoms with Crippen molar-refractivity contribution in [2.24, 2.45) is 0 Å². The van der Waals surface area contributed by atoms with Crippen LogP contribution in [0, 0.1) is 5.82 Å². The topological polar surface area (TPSA) is 23.5 Å². The molecule has 0 bridgehead atoms. The summed E-state index contributed by atoms with van der Waals surface area (Å²) >= 11 is 10.9. The van der Waals surface area contributed by atoms with Crippen LogP contribution in [0.4, 0.5) is 10.1 Å². The second-order valence-electron chi connectivity index (χ2n) is 5.93. The van der Waals surface area contributed by atoms with E-state index < -0.39 is 0 Å². The predicted molar refractivity (Wildman–Crippen MR) is 102 cm³/mol. The molecule has 1 aliphatic rings. The molecule has 0 atom stereocenters. The van der Waals surface area contributed by atoms with E-state index in [1.165, 1.54) is 12.1 Å². The summed E-state index contributed by atoms with van der Waals surface area (Å²) in [4.78, 5) is 3.41. The van der Waals surface area contributed by atoms with Gasteiger partial charge in [-0.15, -0.1) is 0 Å². The summed E-state index contributed by atoms with van der Waals surface area (Å²) in [5.74, 6) is -0.288. The number of nitrogens with zero attached hydrogens (tertiary/aromatic N) is 1. The first-order valence-corrected chi connectivity index (χ1v) is 8.74. The number of anilines is 1. The quantitative estimate of drug-likeness (QED) is 0.462. The molecular weight excluding hydrogens is 536 g/mol. The van der Waals surface area contributed by atoms with Gasteiger partial charge in [0.1, 0.15) is 5.82 Å². The Bertz CT molecular complexity index is 726. The molecule has 2 aromatic rings. The molecule has 0 unspecified atom stereocenters. The van der Waals surface area contributed by atoms with Crippen molar-refractivity contribution in [3.05, 3.63) is 65.5 Å². The molecule has 0 amide bonds. The summed E-state index contributed by atoms with van der Waals surface area (Å²) in [6.45, 7) is 1.72. The van der Waals surface area contributed by atoms with E-state index >= 15 is 0 Å². The van der Waals surface area contributed by atoms with E-state index in [0.29, 0.717) is 9.81 Å². The number of hydrogen-bond acceptors (Lipinski definition) is 4. The number of aliphatic hydroxyl groups is 1. The van der Waals surface area contributed by atoms with Crippen molar-refractivity contribution in [2.45, 2.75) is 18.9 Å². The molecule has 0 saturated carbocycles. The Morgan fingerprint density at radius 3 is 1.80 bits per heavy atom. The Kier molecular flexibility index (Phi) is 7.38. The summed E-state index contributed by atoms with van der Waals surface area (Å²) in [5, 5.41) is 9.60. The van der Waals surface area contributed by atoms with Crippen molar-refractivity contribution in [1.82, 2.24) is 0 Å². The summed E-state index contributed by atoms with van der Waals surface area (Å²) < 4.78 is 13.0. The molecule has 6 heteroatoms. The van der Waals surface area contributed by atoms with Crippen LogP contribution < -0.4 is 4.90 Å². The summed E-state index contributed by atoms with van der Waals surface area (Å²) in [5.41, 5.74) is 2.77. The van der Waals surface area contributed by atoms with Crippen LogP contribution in [-0.2, 0) is 46.3 Å². The fourth-order valence-electron chi connectivity index (χ4n) is 2.81. The first-order chi connectivity index (χ1) is 11.5. The molecule has 1 fully saturated rings. The summed E-state index contributed by atoms with van der Waals surface area (Å²) in [7, 11) is 0. The third-order valence-electron chi connectivity index (χ3n) is 4.27. The zero-order valence-corrected chi connectivity index (χ0v) is 17.3. The summed E-state index contributed by atoms with van der Waals surface area (Å²) in [6, 6.07) is 14.1. The fourth-order valence-corrected chi connectivity index (χ4v) is 3.32. The van der Waals surface area contributed by atoms with E-state index in [0.717, 1.165) is 42.7 Å². The maximum Gasteiger partial charge on any atom is 2.00 e. The third-order valence-corrected chi connectivity index (χ3v) is 5.28. The van der Waals surface area contributed by atoms with E-state index in [4.69, 9.17) is 25.3 Å². The van der Waals surface area contributed by atoms with Gasteiger partial charge in [0.2, 0.25) is 0 Å². The molecule has 25 heavy (non-hydrogen) atoms. The van der Waals surface area contributed by atoms with Crippen LogP contribution in [0.15, 0.2) is 48.5 Å². The van der Waals surface area contributed by atoms with Crippen LogP contribution in [0.2, 0.25) is 0 Å². The van der Waals surface area contributed by atoms with Crippen LogP contribution in [0.25, 0.3) is 9.81 Å². The number of rotatable bonds is 3. The molecular formula is C19H18FNOPtS2. The Morgan fingerprint density at radius 2 is 1.32 bits per heavy atom. The van der Waals surface area contributed by atoms with Crippen LogP contribution in [0.1, 0.15) is 24.0 Å². The first kappa shape index (κ1) is 20.3. The largest absolute Gasteiger partial charge is 2.00 e. The van der Waals surface area contributed by atoms with Gasteiger partial charge >= 0.3 is 21.1 Å². The standard InChI is InChI=1S/C19H20FNOS2.Pt/c20-15-5-1-13(2-6-15)18(23)19(24)14-3-7-16(8-4-14)21-11-9-17(22)10-12-21;/h1-8,17,22-24H,9-12H2;/q;+2/p-2/b19-18-;. The van der Waals surface area contributed by atoms with Crippen LogP contribution in [0.3, 0.4) is 0 Å². The maximum atomic E-state index is 13.0. The Labute approximate surface area is 173 Å². The molecule has 2 nitrogen and oxygen atoms in total. The van der Waals surface area contributed by atoms with Gasteiger partial charge in [-0.05, 0) is 48.2 Å². The zero-order chi connectivity index (χ0) is 17.1. The number of piperidine rings is 1. The van der Waals surface area contributed by atoms with Gasteiger partial charge in [0.05, 0.1) is 6.10 Å². The summed E-state index contributed by atoms with van der Waals surface area (Å²) in [6.07, 6.45) is 1.42. The van der Waals surface area contributed by atoms with E-state index in [1.54, 1.807) is 12.1 Å². The van der Waals surface area contributed by atoms with Crippen LogP contribution >= 0.6 is 0 Å². The van der Waals surface area contributed by atoms with Crippen molar-refractivity contribution in [2.75, 3.05) is 18.0 Å². The van der Waals surface area contributed by atoms with Crippen molar-refractivity contribution >= 4 is 40.8 Å². The minimum Gasteiger partial charge on any atom is -0.781 e. The van der Waals surface area contributed by atoms with Gasteiger partial charge in [0.15, 0.2) is 0 Å². The predicted octanol–water partition coefficient (Wildman–Crippen LogP) is 3.70. The monoisotopic (exact) mass is 554 g/mol. The van der Waals surface area contributed by atoms with Crippen molar-refractivity contribution in [1.29, 1.82) is 0 Å². The first-order valence-electron chi connectivity index (χ1n) is 7.92. The van der Waals surface area contributed by atoms with E-state index in [9.17, 15) is 9.50 Å². The van der Waals surface area contributed by atoms with Crippen LogP contribution in [0.5, 0.6) is 0 Å². The third kappa shape index (κ3) is 5.01. The maximum absolute atomic E-state index is 13.0. The molecule has 1 aliphatic heterocycles. The number of aliphatic hydroxyl groups excluding tert-OH is 1. The van der Waals surface area contributed by atoms with Crippen molar-refractivity contribution in [3.63, 3.8) is 0 Å². The fraction of sp³-hybridized carbons (Fsp3) is 0.263. The van der Waals surface area contributed by atoms with Gasteiger partial charge in [-0.3, -0.25) is 0 Å². The van der Waals surface area contributed by atoms with Gasteiger partial charge in [-0.2, -0.15) is 9.81 Å². The SMILES string of the molecule is OC1CCN(c2ccc(/C([S-])=C(/[S-])c3ccc(F)cc3)cc2)CC1.[Pt+2]. The zero-order valence-electron chi connectivity index (χ0n) is 13.4. The molecule has 1 saturated heterocycles. The molecule has 3 rings (SSSR count). The molecule has 0 aliphatic carbocycles. The van der Waals surface area contributed by atoms with Gasteiger partial charge in [-0.1, -0.05) is 24.3 Å². The van der Waals surface area contributed by atoms with Gasteiger partial charge in [0.25, 0.3) is 0 Å². The van der Waals surface area contributed by atoms with Crippen molar-refractivity contribution in [3.8, 4) is 0 Å². The molecule has 0 spiro atoms. The van der Waals surface area contributed by atoms with Gasteiger partial charge in [0, 0.05) is 18.8 Å². The molecule has 0 radical (unpaired) electrons. The van der Waals surface area contributed by atoms with E-state index in [2.05, 4.69) is 4.90 Å². The Balaban J connectivity index is 0.00000225. The number of halogens is 1. The van der Waals surface area contributed by atoms with E-state index in [1.807, 2.05) is 24.3 Å². The van der Waals surface area contributed by atoms with Gasteiger partial charge in [-0.25, -0.2) is 4.39 Å². The normalized spacial score (nSPS) is 16.2. The smallest absolute Gasteiger partial charge is 0.781 e. The van der Waals surface area contributed by atoms with Crippen molar-refractivity contribution < 1.29 is 30.6 Å². The van der Waals surface area contributed by atoms with Crippen LogP contribution in [-0.4, -0.2) is 24.3 Å². The average Bonchev–Trinajstić information content (AvgIpc) is 2.62. The number of hydrogen-bond donors (Lipinski definition) is 1. The minimum atomic E-state index is -0.288. The average molecular weight is 555 g/mol. The molecule has 1 heterocycles. The second kappa shape index (κ2) is 9.09. The van der Waals surface area contributed by atoms with E-state index in [-0.39, 0.29) is 33.0 Å². The number of benzene rings is 2. The Hall–Kier alpha value is -1.00. The molecule has 1 N–H and O–H groups in total. The minimum absolute atomic E-state index is 0. The Morgan fingerprint density at radius 1 is 0.880 bits per heavy atom. The van der Waals surface area contributed by atoms with Gasteiger partial charge < -0.3 is 35.3 Å². The molecule has 0 aromatic heterocycles. The molecule has 2 aromatic carbocycles. The second-order valence-corrected chi connectivity index (χ2v) is 6.75. The molecule has 134 valence electrons.